The van der Waals surface area contributed by atoms with Gasteiger partial charge in [-0.1, -0.05) is 37.3 Å². The van der Waals surface area contributed by atoms with Crippen LogP contribution in [-0.4, -0.2) is 10.8 Å². The van der Waals surface area contributed by atoms with Crippen molar-refractivity contribution in [2.45, 2.75) is 38.8 Å². The Kier molecular flexibility index (Phi) is 6.31. The minimum absolute atomic E-state index is 0.700. The second kappa shape index (κ2) is 8.22. The Bertz CT molecular complexity index is 638. The Morgan fingerprint density at radius 3 is 2.18 bits per heavy atom. The van der Waals surface area contributed by atoms with Gasteiger partial charge >= 0.3 is 0 Å². The van der Waals surface area contributed by atoms with Gasteiger partial charge in [-0.2, -0.15) is 0 Å². The Balaban J connectivity index is 1.86. The smallest absolute Gasteiger partial charge is 0.124 e. The molecule has 0 aliphatic rings. The lowest BCUT2D eigenvalue weighted by molar-refractivity contribution is 0.673. The lowest BCUT2D eigenvalue weighted by Crippen LogP contribution is -2.16. The van der Waals surface area contributed by atoms with Crippen LogP contribution in [0.3, 0.4) is 0 Å². The quantitative estimate of drug-likeness (QED) is 0.823. The fraction of sp³-hybridized carbons (Fsp3) is 0.333. The van der Waals surface area contributed by atoms with E-state index < -0.39 is 11.0 Å². The number of hydrogen-bond donors (Lipinski definition) is 2. The Labute approximate surface area is 135 Å². The van der Waals surface area contributed by atoms with Gasteiger partial charge in [-0.3, -0.25) is 0 Å². The van der Waals surface area contributed by atoms with Gasteiger partial charge in [0, 0.05) is 19.6 Å². The Morgan fingerprint density at radius 2 is 1.55 bits per heavy atom. The van der Waals surface area contributed by atoms with Gasteiger partial charge in [0.1, 0.15) is 11.0 Å². The second-order valence-electron chi connectivity index (χ2n) is 5.43. The molecule has 2 aromatic rings. The molecule has 0 saturated heterocycles. The third-order valence-corrected chi connectivity index (χ3v) is 4.89. The van der Waals surface area contributed by atoms with Gasteiger partial charge in [0.05, 0.1) is 4.90 Å². The van der Waals surface area contributed by atoms with Crippen molar-refractivity contribution in [2.24, 2.45) is 0 Å². The molecule has 2 N–H and O–H groups in total. The van der Waals surface area contributed by atoms with E-state index in [-0.39, 0.29) is 0 Å². The summed E-state index contributed by atoms with van der Waals surface area (Å²) >= 11 is 0. The fourth-order valence-corrected chi connectivity index (χ4v) is 3.02. The molecule has 0 bridgehead atoms. The van der Waals surface area contributed by atoms with Gasteiger partial charge in [0.2, 0.25) is 0 Å². The molecular weight excluding hydrogens is 292 g/mol. The number of nitrogens with one attached hydrogen (secondary N) is 2. The first-order valence-corrected chi connectivity index (χ1v) is 8.76. The summed E-state index contributed by atoms with van der Waals surface area (Å²) in [5.74, 6) is 0. The normalized spacial score (nSPS) is 12.3. The average Bonchev–Trinajstić information content (AvgIpc) is 2.52. The summed E-state index contributed by atoms with van der Waals surface area (Å²) in [6.07, 6.45) is 0. The van der Waals surface area contributed by atoms with Crippen LogP contribution in [0.2, 0.25) is 0 Å². The lowest BCUT2D eigenvalue weighted by atomic mass is 10.1. The van der Waals surface area contributed by atoms with Crippen LogP contribution in [0.1, 0.15) is 29.2 Å². The van der Waals surface area contributed by atoms with E-state index in [0.29, 0.717) is 6.54 Å². The van der Waals surface area contributed by atoms with Crippen molar-refractivity contribution < 1.29 is 4.21 Å². The average molecular weight is 316 g/mol. The van der Waals surface area contributed by atoms with Crippen LogP contribution in [-0.2, 0) is 24.1 Å². The maximum Gasteiger partial charge on any atom is 0.124 e. The van der Waals surface area contributed by atoms with Crippen LogP contribution in [0, 0.1) is 13.8 Å². The number of benzene rings is 2. The molecule has 1 unspecified atom stereocenters. The first kappa shape index (κ1) is 16.9. The number of hydrogen-bond acceptors (Lipinski definition) is 2. The summed E-state index contributed by atoms with van der Waals surface area (Å²) in [6, 6.07) is 14.5. The van der Waals surface area contributed by atoms with E-state index in [0.717, 1.165) is 18.0 Å². The van der Waals surface area contributed by atoms with Crippen molar-refractivity contribution in [1.82, 2.24) is 10.0 Å². The van der Waals surface area contributed by atoms with Crippen molar-refractivity contribution in [1.29, 1.82) is 0 Å². The third-order valence-electron chi connectivity index (χ3n) is 3.64. The zero-order chi connectivity index (χ0) is 15.9. The van der Waals surface area contributed by atoms with Crippen molar-refractivity contribution in [3.63, 3.8) is 0 Å². The molecule has 3 nitrogen and oxygen atoms in total. The van der Waals surface area contributed by atoms with Crippen LogP contribution < -0.4 is 10.0 Å². The highest BCUT2D eigenvalue weighted by Crippen LogP contribution is 2.11. The van der Waals surface area contributed by atoms with Crippen molar-refractivity contribution in [3.8, 4) is 0 Å². The van der Waals surface area contributed by atoms with E-state index in [1.54, 1.807) is 0 Å². The summed E-state index contributed by atoms with van der Waals surface area (Å²) in [7, 11) is -1.10. The molecule has 118 valence electrons. The van der Waals surface area contributed by atoms with E-state index in [1.807, 2.05) is 31.2 Å². The summed E-state index contributed by atoms with van der Waals surface area (Å²) in [6.45, 7) is 8.58. The van der Waals surface area contributed by atoms with Crippen molar-refractivity contribution in [3.05, 3.63) is 64.7 Å². The molecule has 0 saturated carbocycles. The summed E-state index contributed by atoms with van der Waals surface area (Å²) < 4.78 is 14.7. The monoisotopic (exact) mass is 316 g/mol. The molecule has 0 aliphatic heterocycles. The zero-order valence-corrected chi connectivity index (χ0v) is 14.3. The number of aryl methyl sites for hydroxylation is 2. The van der Waals surface area contributed by atoms with Gasteiger partial charge in [-0.15, -0.1) is 0 Å². The molecule has 22 heavy (non-hydrogen) atoms. The summed E-state index contributed by atoms with van der Waals surface area (Å²) in [5.41, 5.74) is 5.15. The molecule has 0 radical (unpaired) electrons. The molecule has 0 heterocycles. The standard InChI is InChI=1S/C18H24N2OS/c1-4-20-22(21)18-9-7-16(8-10-18)12-19-13-17-6-5-14(2)15(3)11-17/h5-11,19-20H,4,12-13H2,1-3H3. The predicted octanol–water partition coefficient (Wildman–Crippen LogP) is 3.23. The van der Waals surface area contributed by atoms with Crippen LogP contribution in [0.15, 0.2) is 47.4 Å². The molecule has 0 fully saturated rings. The maximum atomic E-state index is 11.8. The highest BCUT2D eigenvalue weighted by Gasteiger charge is 2.02. The maximum absolute atomic E-state index is 11.8. The SMILES string of the molecule is CCNS(=O)c1ccc(CNCc2ccc(C)c(C)c2)cc1. The van der Waals surface area contributed by atoms with Crippen molar-refractivity contribution in [2.75, 3.05) is 6.54 Å². The van der Waals surface area contributed by atoms with Crippen LogP contribution in [0.4, 0.5) is 0 Å². The fourth-order valence-electron chi connectivity index (χ4n) is 2.21. The summed E-state index contributed by atoms with van der Waals surface area (Å²) in [5, 5.41) is 3.45. The van der Waals surface area contributed by atoms with Gasteiger partial charge in [0.15, 0.2) is 0 Å². The van der Waals surface area contributed by atoms with E-state index in [4.69, 9.17) is 0 Å². The Hall–Kier alpha value is -1.49. The van der Waals surface area contributed by atoms with E-state index in [1.165, 1.54) is 22.3 Å². The number of rotatable bonds is 7. The first-order valence-electron chi connectivity index (χ1n) is 7.61. The molecule has 0 spiro atoms. The molecule has 2 rings (SSSR count). The van der Waals surface area contributed by atoms with Gasteiger partial charge in [-0.25, -0.2) is 8.93 Å². The largest absolute Gasteiger partial charge is 0.309 e. The van der Waals surface area contributed by atoms with Gasteiger partial charge in [0.25, 0.3) is 0 Å². The minimum atomic E-state index is -1.10. The molecule has 4 heteroatoms. The second-order valence-corrected chi connectivity index (χ2v) is 6.73. The Morgan fingerprint density at radius 1 is 0.909 bits per heavy atom. The van der Waals surface area contributed by atoms with Crippen LogP contribution in [0.25, 0.3) is 0 Å². The van der Waals surface area contributed by atoms with Gasteiger partial charge < -0.3 is 5.32 Å². The van der Waals surface area contributed by atoms with E-state index in [2.05, 4.69) is 42.1 Å². The molecule has 0 aliphatic carbocycles. The minimum Gasteiger partial charge on any atom is -0.309 e. The molecule has 2 aromatic carbocycles. The van der Waals surface area contributed by atoms with Gasteiger partial charge in [-0.05, 0) is 48.2 Å². The third kappa shape index (κ3) is 4.77. The van der Waals surface area contributed by atoms with E-state index >= 15 is 0 Å². The zero-order valence-electron chi connectivity index (χ0n) is 13.5. The molecule has 0 aromatic heterocycles. The van der Waals surface area contributed by atoms with Crippen LogP contribution >= 0.6 is 0 Å². The predicted molar refractivity (Wildman–Crippen MR) is 93.0 cm³/mol. The molecule has 1 atom stereocenters. The highest BCUT2D eigenvalue weighted by atomic mass is 32.2. The highest BCUT2D eigenvalue weighted by molar-refractivity contribution is 7.83. The molecule has 0 amide bonds. The first-order chi connectivity index (χ1) is 10.6. The topological polar surface area (TPSA) is 41.1 Å². The molecular formula is C18H24N2OS. The van der Waals surface area contributed by atoms with Crippen LogP contribution in [0.5, 0.6) is 0 Å². The lowest BCUT2D eigenvalue weighted by Gasteiger charge is -2.08. The van der Waals surface area contributed by atoms with Crippen molar-refractivity contribution >= 4 is 11.0 Å². The van der Waals surface area contributed by atoms with E-state index in [9.17, 15) is 4.21 Å². The summed E-state index contributed by atoms with van der Waals surface area (Å²) in [4.78, 5) is 0.819.